The van der Waals surface area contributed by atoms with Crippen LogP contribution in [0.5, 0.6) is 0 Å². The third-order valence-electron chi connectivity index (χ3n) is 2.19. The molecule has 0 amide bonds. The van der Waals surface area contributed by atoms with Gasteiger partial charge in [0.1, 0.15) is 0 Å². The minimum atomic E-state index is -3.68. The first-order chi connectivity index (χ1) is 8.56. The van der Waals surface area contributed by atoms with E-state index >= 15 is 0 Å². The second-order valence-electron chi connectivity index (χ2n) is 3.34. The Morgan fingerprint density at radius 2 is 1.78 bits per heavy atom. The summed E-state index contributed by atoms with van der Waals surface area (Å²) < 4.78 is 26.6. The summed E-state index contributed by atoms with van der Waals surface area (Å²) in [7, 11) is -1.25. The summed E-state index contributed by atoms with van der Waals surface area (Å²) in [6.07, 6.45) is 0. The van der Waals surface area contributed by atoms with E-state index in [4.69, 9.17) is 18.8 Å². The predicted octanol–water partition coefficient (Wildman–Crippen LogP) is 3.36. The molecule has 0 atom stereocenters. The van der Waals surface area contributed by atoms with Crippen molar-refractivity contribution in [2.24, 2.45) is 0 Å². The van der Waals surface area contributed by atoms with Gasteiger partial charge in [0.15, 0.2) is 5.76 Å². The maximum atomic E-state index is 11.9. The topological polar surface area (TPSA) is 68.6 Å². The molecule has 0 unspecified atom stereocenters. The number of hydrogen-bond donors (Lipinski definition) is 0. The van der Waals surface area contributed by atoms with Crippen molar-refractivity contribution in [2.75, 3.05) is 14.2 Å². The molecule has 0 fully saturated rings. The molecule has 0 spiro atoms. The van der Waals surface area contributed by atoms with Gasteiger partial charge in [-0.25, -0.2) is 4.57 Å². The van der Waals surface area contributed by atoms with Gasteiger partial charge in [0, 0.05) is 19.8 Å². The molecule has 1 aromatic rings. The van der Waals surface area contributed by atoms with Crippen LogP contribution in [0.15, 0.2) is 35.9 Å². The van der Waals surface area contributed by atoms with Gasteiger partial charge in [-0.3, -0.25) is 9.05 Å². The maximum Gasteiger partial charge on any atom is 0.529 e. The molecule has 0 saturated carbocycles. The van der Waals surface area contributed by atoms with Crippen LogP contribution in [0, 0.1) is 11.3 Å². The zero-order valence-electron chi connectivity index (χ0n) is 10.4. The average Bonchev–Trinajstić information content (AvgIpc) is 2.44. The van der Waals surface area contributed by atoms with E-state index in [1.165, 1.54) is 14.2 Å². The first-order valence-electron chi connectivity index (χ1n) is 5.14. The lowest BCUT2D eigenvalue weighted by Crippen LogP contribution is -1.97. The van der Waals surface area contributed by atoms with Crippen LogP contribution >= 0.6 is 7.82 Å². The molecular weight excluding hydrogens is 253 g/mol. The lowest BCUT2D eigenvalue weighted by molar-refractivity contribution is 0.201. The number of benzene rings is 1. The smallest absolute Gasteiger partial charge is 0.402 e. The number of allylic oxidation sites excluding steroid dienone is 1. The molecule has 0 aliphatic rings. The summed E-state index contributed by atoms with van der Waals surface area (Å²) in [4.78, 5) is 0. The van der Waals surface area contributed by atoms with Crippen LogP contribution in [0.4, 0.5) is 0 Å². The number of hydrogen-bond acceptors (Lipinski definition) is 5. The standard InChI is InChI=1S/C12H14NO4P/c1-10(9-13)12(11-7-5-4-6-8-11)17-18(14,15-2)16-3/h4-8H,1-3H3. The Kier molecular flexibility index (Phi) is 5.11. The largest absolute Gasteiger partial charge is 0.529 e. The molecule has 5 nitrogen and oxygen atoms in total. The van der Waals surface area contributed by atoms with Crippen LogP contribution in [-0.2, 0) is 18.1 Å². The Bertz CT molecular complexity index is 511. The van der Waals surface area contributed by atoms with E-state index in [1.54, 1.807) is 31.2 Å². The normalized spacial score (nSPS) is 12.6. The summed E-state index contributed by atoms with van der Waals surface area (Å²) in [6.45, 7) is 1.57. The first kappa shape index (κ1) is 14.5. The molecule has 6 heteroatoms. The van der Waals surface area contributed by atoms with E-state index in [2.05, 4.69) is 0 Å². The van der Waals surface area contributed by atoms with Gasteiger partial charge in [0.25, 0.3) is 0 Å². The van der Waals surface area contributed by atoms with Crippen molar-refractivity contribution in [1.82, 2.24) is 0 Å². The van der Waals surface area contributed by atoms with Crippen molar-refractivity contribution in [3.63, 3.8) is 0 Å². The van der Waals surface area contributed by atoms with E-state index in [0.717, 1.165) is 0 Å². The average molecular weight is 267 g/mol. The zero-order valence-corrected chi connectivity index (χ0v) is 11.3. The number of phosphoric ester groups is 1. The van der Waals surface area contributed by atoms with Crippen molar-refractivity contribution in [2.45, 2.75) is 6.92 Å². The highest BCUT2D eigenvalue weighted by Crippen LogP contribution is 2.51. The van der Waals surface area contributed by atoms with Gasteiger partial charge >= 0.3 is 7.82 Å². The van der Waals surface area contributed by atoms with Crippen molar-refractivity contribution >= 4 is 13.6 Å². The summed E-state index contributed by atoms with van der Waals surface area (Å²) >= 11 is 0. The van der Waals surface area contributed by atoms with Gasteiger partial charge in [-0.1, -0.05) is 30.3 Å². The van der Waals surface area contributed by atoms with E-state index in [-0.39, 0.29) is 11.3 Å². The molecule has 0 bridgehead atoms. The van der Waals surface area contributed by atoms with Crippen molar-refractivity contribution in [3.05, 3.63) is 41.5 Å². The van der Waals surface area contributed by atoms with Gasteiger partial charge in [-0.2, -0.15) is 5.26 Å². The monoisotopic (exact) mass is 267 g/mol. The van der Waals surface area contributed by atoms with E-state index in [0.29, 0.717) is 5.56 Å². The highest BCUT2D eigenvalue weighted by molar-refractivity contribution is 7.48. The van der Waals surface area contributed by atoms with Crippen LogP contribution in [-0.4, -0.2) is 14.2 Å². The third kappa shape index (κ3) is 3.44. The molecule has 0 aliphatic heterocycles. The quantitative estimate of drug-likeness (QED) is 0.465. The van der Waals surface area contributed by atoms with Gasteiger partial charge in [-0.05, 0) is 6.92 Å². The van der Waals surface area contributed by atoms with Gasteiger partial charge < -0.3 is 4.52 Å². The van der Waals surface area contributed by atoms with Crippen LogP contribution in [0.1, 0.15) is 12.5 Å². The molecule has 1 aromatic carbocycles. The van der Waals surface area contributed by atoms with Gasteiger partial charge in [0.05, 0.1) is 11.6 Å². The fourth-order valence-electron chi connectivity index (χ4n) is 1.24. The fourth-order valence-corrected chi connectivity index (χ4v) is 2.00. The molecule has 1 rings (SSSR count). The summed E-state index contributed by atoms with van der Waals surface area (Å²) in [6, 6.07) is 10.8. The van der Waals surface area contributed by atoms with Crippen LogP contribution < -0.4 is 0 Å². The molecule has 0 aromatic heterocycles. The molecule has 0 heterocycles. The summed E-state index contributed by atoms with van der Waals surface area (Å²) in [5.74, 6) is 0.185. The highest BCUT2D eigenvalue weighted by atomic mass is 31.2. The fraction of sp³-hybridized carbons (Fsp3) is 0.250. The Labute approximate surface area is 106 Å². The van der Waals surface area contributed by atoms with Crippen molar-refractivity contribution in [1.29, 1.82) is 5.26 Å². The maximum absolute atomic E-state index is 11.9. The zero-order chi connectivity index (χ0) is 13.6. The predicted molar refractivity (Wildman–Crippen MR) is 67.4 cm³/mol. The van der Waals surface area contributed by atoms with Gasteiger partial charge in [0.2, 0.25) is 0 Å². The minimum absolute atomic E-state index is 0.185. The molecule has 0 N–H and O–H groups in total. The second-order valence-corrected chi connectivity index (χ2v) is 5.14. The Balaban J connectivity index is 3.20. The van der Waals surface area contributed by atoms with Crippen LogP contribution in [0.3, 0.4) is 0 Å². The third-order valence-corrected chi connectivity index (χ3v) is 3.50. The van der Waals surface area contributed by atoms with Crippen LogP contribution in [0.25, 0.3) is 5.76 Å². The number of phosphoric acid groups is 1. The molecule has 0 radical (unpaired) electrons. The Hall–Kier alpha value is -1.60. The molecule has 0 aliphatic carbocycles. The Morgan fingerprint density at radius 1 is 1.22 bits per heavy atom. The second kappa shape index (κ2) is 6.36. The number of nitrogens with zero attached hydrogens (tertiary/aromatic N) is 1. The Morgan fingerprint density at radius 3 is 2.22 bits per heavy atom. The molecule has 0 saturated heterocycles. The lowest BCUT2D eigenvalue weighted by Gasteiger charge is -2.17. The SMILES string of the molecule is COP(=O)(OC)OC(=C(C)C#N)c1ccccc1. The summed E-state index contributed by atoms with van der Waals surface area (Å²) in [5, 5.41) is 8.95. The van der Waals surface area contributed by atoms with E-state index < -0.39 is 7.82 Å². The van der Waals surface area contributed by atoms with E-state index in [1.807, 2.05) is 12.1 Å². The van der Waals surface area contributed by atoms with Crippen molar-refractivity contribution in [3.8, 4) is 6.07 Å². The highest BCUT2D eigenvalue weighted by Gasteiger charge is 2.27. The molecule has 18 heavy (non-hydrogen) atoms. The number of nitriles is 1. The summed E-state index contributed by atoms with van der Waals surface area (Å²) in [5.41, 5.74) is 0.918. The molecule has 96 valence electrons. The lowest BCUT2D eigenvalue weighted by atomic mass is 10.1. The minimum Gasteiger partial charge on any atom is -0.402 e. The van der Waals surface area contributed by atoms with Crippen molar-refractivity contribution < 1.29 is 18.1 Å². The number of rotatable bonds is 5. The molecular formula is C12H14NO4P. The first-order valence-corrected chi connectivity index (χ1v) is 6.60. The van der Waals surface area contributed by atoms with Crippen LogP contribution in [0.2, 0.25) is 0 Å². The van der Waals surface area contributed by atoms with E-state index in [9.17, 15) is 4.57 Å². The van der Waals surface area contributed by atoms with Gasteiger partial charge in [-0.15, -0.1) is 0 Å².